The molecule has 0 saturated carbocycles. The molecule has 1 fully saturated rings. The standard InChI is InChI=1S/C26H31F2N5O3/c1-2-29-26(35)32(12-11-31-13-15-36-16-14-31)18-25(34)33-24(21-5-3-4-6-22(21)28)17-23(30-33)19-7-9-20(27)10-8-19/h3-10,24H,2,11-18H2,1H3,(H,29,35). The van der Waals surface area contributed by atoms with Gasteiger partial charge in [-0.15, -0.1) is 0 Å². The third kappa shape index (κ3) is 6.24. The molecule has 0 spiro atoms. The van der Waals surface area contributed by atoms with Crippen LogP contribution in [0, 0.1) is 11.6 Å². The van der Waals surface area contributed by atoms with Gasteiger partial charge >= 0.3 is 6.03 Å². The third-order valence-electron chi connectivity index (χ3n) is 6.34. The fourth-order valence-corrected chi connectivity index (χ4v) is 4.38. The second kappa shape index (κ2) is 12.0. The average Bonchev–Trinajstić information content (AvgIpc) is 3.33. The monoisotopic (exact) mass is 499 g/mol. The molecule has 4 rings (SSSR count). The zero-order valence-electron chi connectivity index (χ0n) is 20.3. The normalized spacial score (nSPS) is 18.1. The van der Waals surface area contributed by atoms with Gasteiger partial charge in [0, 0.05) is 44.7 Å². The Balaban J connectivity index is 1.56. The van der Waals surface area contributed by atoms with Crippen molar-refractivity contribution in [3.05, 3.63) is 71.3 Å². The highest BCUT2D eigenvalue weighted by Crippen LogP contribution is 2.34. The van der Waals surface area contributed by atoms with Gasteiger partial charge < -0.3 is 15.0 Å². The molecule has 0 aliphatic carbocycles. The number of hydrogen-bond donors (Lipinski definition) is 1. The van der Waals surface area contributed by atoms with E-state index in [1.54, 1.807) is 30.3 Å². The number of halogens is 2. The van der Waals surface area contributed by atoms with Crippen molar-refractivity contribution in [2.75, 3.05) is 52.5 Å². The molecule has 1 saturated heterocycles. The Morgan fingerprint density at radius 3 is 2.53 bits per heavy atom. The van der Waals surface area contributed by atoms with Crippen LogP contribution >= 0.6 is 0 Å². The van der Waals surface area contributed by atoms with Gasteiger partial charge in [-0.1, -0.05) is 30.3 Å². The minimum atomic E-state index is -0.672. The molecule has 1 unspecified atom stereocenters. The lowest BCUT2D eigenvalue weighted by molar-refractivity contribution is -0.133. The lowest BCUT2D eigenvalue weighted by Gasteiger charge is -2.31. The van der Waals surface area contributed by atoms with Gasteiger partial charge in [0.2, 0.25) is 0 Å². The lowest BCUT2D eigenvalue weighted by Crippen LogP contribution is -2.49. The van der Waals surface area contributed by atoms with Crippen LogP contribution in [0.1, 0.15) is 30.5 Å². The predicted molar refractivity (Wildman–Crippen MR) is 131 cm³/mol. The van der Waals surface area contributed by atoms with Crippen LogP contribution in [0.3, 0.4) is 0 Å². The average molecular weight is 500 g/mol. The van der Waals surface area contributed by atoms with Gasteiger partial charge in [-0.25, -0.2) is 18.6 Å². The van der Waals surface area contributed by atoms with E-state index in [0.717, 1.165) is 13.1 Å². The highest BCUT2D eigenvalue weighted by molar-refractivity contribution is 6.03. The zero-order valence-corrected chi connectivity index (χ0v) is 20.3. The van der Waals surface area contributed by atoms with Crippen molar-refractivity contribution >= 4 is 17.6 Å². The quantitative estimate of drug-likeness (QED) is 0.606. The summed E-state index contributed by atoms with van der Waals surface area (Å²) in [5.74, 6) is -1.24. The number of nitrogens with zero attached hydrogens (tertiary/aromatic N) is 4. The maximum absolute atomic E-state index is 14.7. The highest BCUT2D eigenvalue weighted by Gasteiger charge is 2.35. The van der Waals surface area contributed by atoms with Gasteiger partial charge in [0.15, 0.2) is 0 Å². The molecule has 2 heterocycles. The molecular formula is C26H31F2N5O3. The van der Waals surface area contributed by atoms with Crippen LogP contribution in [-0.4, -0.2) is 84.9 Å². The number of urea groups is 1. The van der Waals surface area contributed by atoms with Crippen LogP contribution in [0.5, 0.6) is 0 Å². The van der Waals surface area contributed by atoms with E-state index < -0.39 is 17.8 Å². The number of amides is 3. The van der Waals surface area contributed by atoms with E-state index >= 15 is 0 Å². The van der Waals surface area contributed by atoms with Crippen molar-refractivity contribution in [1.29, 1.82) is 0 Å². The Kier molecular flexibility index (Phi) is 8.61. The molecule has 2 aromatic carbocycles. The molecule has 10 heteroatoms. The Morgan fingerprint density at radius 2 is 1.83 bits per heavy atom. The molecule has 0 radical (unpaired) electrons. The summed E-state index contributed by atoms with van der Waals surface area (Å²) in [7, 11) is 0. The Labute approximate surface area is 209 Å². The summed E-state index contributed by atoms with van der Waals surface area (Å²) in [5.41, 5.74) is 1.54. The van der Waals surface area contributed by atoms with Gasteiger partial charge in [-0.05, 0) is 30.7 Å². The maximum atomic E-state index is 14.7. The Morgan fingerprint density at radius 1 is 1.11 bits per heavy atom. The molecule has 8 nitrogen and oxygen atoms in total. The van der Waals surface area contributed by atoms with Gasteiger partial charge in [-0.2, -0.15) is 5.10 Å². The first-order valence-electron chi connectivity index (χ1n) is 12.2. The largest absolute Gasteiger partial charge is 0.379 e. The first-order valence-corrected chi connectivity index (χ1v) is 12.2. The molecule has 2 aromatic rings. The number of rotatable bonds is 8. The number of ether oxygens (including phenoxy) is 1. The van der Waals surface area contributed by atoms with E-state index in [1.165, 1.54) is 28.1 Å². The first-order chi connectivity index (χ1) is 17.5. The van der Waals surface area contributed by atoms with E-state index in [0.29, 0.717) is 49.7 Å². The SMILES string of the molecule is CCNC(=O)N(CCN1CCOCC1)CC(=O)N1N=C(c2ccc(F)cc2)CC1c1ccccc1F. The molecular weight excluding hydrogens is 468 g/mol. The molecule has 1 N–H and O–H groups in total. The van der Waals surface area contributed by atoms with Crippen molar-refractivity contribution < 1.29 is 23.1 Å². The first kappa shape index (κ1) is 25.7. The molecule has 2 aliphatic heterocycles. The number of benzene rings is 2. The van der Waals surface area contributed by atoms with E-state index in [1.807, 2.05) is 6.92 Å². The Hall–Kier alpha value is -3.37. The van der Waals surface area contributed by atoms with Crippen molar-refractivity contribution in [2.45, 2.75) is 19.4 Å². The number of nitrogens with one attached hydrogen (secondary N) is 1. The zero-order chi connectivity index (χ0) is 25.5. The molecule has 3 amide bonds. The summed E-state index contributed by atoms with van der Waals surface area (Å²) in [5, 5.41) is 8.55. The summed E-state index contributed by atoms with van der Waals surface area (Å²) < 4.78 is 33.6. The number of carbonyl (C=O) groups excluding carboxylic acids is 2. The van der Waals surface area contributed by atoms with Crippen LogP contribution in [0.4, 0.5) is 13.6 Å². The summed E-state index contributed by atoms with van der Waals surface area (Å²) >= 11 is 0. The fourth-order valence-electron chi connectivity index (χ4n) is 4.38. The van der Waals surface area contributed by atoms with E-state index in [-0.39, 0.29) is 24.8 Å². The van der Waals surface area contributed by atoms with Crippen molar-refractivity contribution in [3.8, 4) is 0 Å². The van der Waals surface area contributed by atoms with Crippen LogP contribution in [0.25, 0.3) is 0 Å². The minimum absolute atomic E-state index is 0.207. The molecule has 2 aliphatic rings. The number of morpholine rings is 1. The number of hydrazone groups is 1. The van der Waals surface area contributed by atoms with Gasteiger partial charge in [0.25, 0.3) is 5.91 Å². The van der Waals surface area contributed by atoms with Gasteiger partial charge in [0.1, 0.15) is 18.2 Å². The van der Waals surface area contributed by atoms with Crippen LogP contribution in [-0.2, 0) is 9.53 Å². The van der Waals surface area contributed by atoms with Crippen LogP contribution < -0.4 is 5.32 Å². The van der Waals surface area contributed by atoms with Crippen LogP contribution in [0.2, 0.25) is 0 Å². The molecule has 192 valence electrons. The fraction of sp³-hybridized carbons (Fsp3) is 0.423. The minimum Gasteiger partial charge on any atom is -0.379 e. The lowest BCUT2D eigenvalue weighted by atomic mass is 9.98. The van der Waals surface area contributed by atoms with Gasteiger partial charge in [0.05, 0.1) is 25.0 Å². The summed E-state index contributed by atoms with van der Waals surface area (Å²) in [6, 6.07) is 11.1. The maximum Gasteiger partial charge on any atom is 0.317 e. The number of carbonyl (C=O) groups is 2. The van der Waals surface area contributed by atoms with E-state index in [2.05, 4.69) is 15.3 Å². The smallest absolute Gasteiger partial charge is 0.317 e. The summed E-state index contributed by atoms with van der Waals surface area (Å²) in [6.45, 7) is 5.80. The van der Waals surface area contributed by atoms with Crippen LogP contribution in [0.15, 0.2) is 53.6 Å². The van der Waals surface area contributed by atoms with Crippen molar-refractivity contribution in [1.82, 2.24) is 20.1 Å². The van der Waals surface area contributed by atoms with Crippen molar-refractivity contribution in [2.24, 2.45) is 5.10 Å². The Bertz CT molecular complexity index is 1090. The second-order valence-corrected chi connectivity index (χ2v) is 8.74. The predicted octanol–water partition coefficient (Wildman–Crippen LogP) is 3.01. The second-order valence-electron chi connectivity index (χ2n) is 8.74. The van der Waals surface area contributed by atoms with E-state index in [9.17, 15) is 18.4 Å². The third-order valence-corrected chi connectivity index (χ3v) is 6.34. The summed E-state index contributed by atoms with van der Waals surface area (Å²) in [4.78, 5) is 29.9. The molecule has 0 bridgehead atoms. The topological polar surface area (TPSA) is 77.5 Å². The van der Waals surface area contributed by atoms with Crippen molar-refractivity contribution in [3.63, 3.8) is 0 Å². The summed E-state index contributed by atoms with van der Waals surface area (Å²) in [6.07, 6.45) is 0.271. The molecule has 1 atom stereocenters. The molecule has 36 heavy (non-hydrogen) atoms. The van der Waals surface area contributed by atoms with E-state index in [4.69, 9.17) is 4.74 Å². The molecule has 0 aromatic heterocycles. The highest BCUT2D eigenvalue weighted by atomic mass is 19.1. The number of hydrogen-bond acceptors (Lipinski definition) is 5. The van der Waals surface area contributed by atoms with Gasteiger partial charge in [-0.3, -0.25) is 9.69 Å².